The molecule has 6 nitrogen and oxygen atoms in total. The summed E-state index contributed by atoms with van der Waals surface area (Å²) in [4.78, 5) is 15.3. The Morgan fingerprint density at radius 3 is 2.88 bits per heavy atom. The molecule has 1 N–H and O–H groups in total. The van der Waals surface area contributed by atoms with Crippen LogP contribution >= 0.6 is 11.3 Å². The van der Waals surface area contributed by atoms with Crippen LogP contribution in [0.2, 0.25) is 0 Å². The number of rotatable bonds is 7. The van der Waals surface area contributed by atoms with Crippen LogP contribution in [0.5, 0.6) is 0 Å². The standard InChI is InChI=1S/C16H20N2O4S2/c19-16(17-9-14-3-1-6-22-14)11-18(10-15-4-2-7-23-15)13-5-8-24(20,21)12-13/h1-4,6-7,13H,5,8-12H2,(H,17,19)/t13-/m0/s1. The highest BCUT2D eigenvalue weighted by atomic mass is 32.2. The lowest BCUT2D eigenvalue weighted by Crippen LogP contribution is -2.42. The Kier molecular flexibility index (Phi) is 5.37. The van der Waals surface area contributed by atoms with Crippen LogP contribution in [0.15, 0.2) is 40.3 Å². The summed E-state index contributed by atoms with van der Waals surface area (Å²) in [5.74, 6) is 0.889. The molecule has 1 aliphatic rings. The van der Waals surface area contributed by atoms with Crippen LogP contribution < -0.4 is 5.32 Å². The van der Waals surface area contributed by atoms with Crippen molar-refractivity contribution in [2.45, 2.75) is 25.6 Å². The van der Waals surface area contributed by atoms with Gasteiger partial charge in [-0.15, -0.1) is 11.3 Å². The summed E-state index contributed by atoms with van der Waals surface area (Å²) >= 11 is 1.61. The van der Waals surface area contributed by atoms with Crippen molar-refractivity contribution in [1.82, 2.24) is 10.2 Å². The Balaban J connectivity index is 1.61. The van der Waals surface area contributed by atoms with E-state index in [9.17, 15) is 13.2 Å². The second-order valence-electron chi connectivity index (χ2n) is 5.90. The third-order valence-corrected chi connectivity index (χ3v) is 6.66. The summed E-state index contributed by atoms with van der Waals surface area (Å²) < 4.78 is 28.8. The van der Waals surface area contributed by atoms with Gasteiger partial charge in [0.05, 0.1) is 30.9 Å². The molecule has 130 valence electrons. The van der Waals surface area contributed by atoms with Gasteiger partial charge >= 0.3 is 0 Å². The van der Waals surface area contributed by atoms with E-state index in [0.29, 0.717) is 25.3 Å². The van der Waals surface area contributed by atoms with E-state index >= 15 is 0 Å². The lowest BCUT2D eigenvalue weighted by atomic mass is 10.2. The first kappa shape index (κ1) is 17.2. The van der Waals surface area contributed by atoms with Crippen molar-refractivity contribution in [3.05, 3.63) is 46.5 Å². The molecule has 1 amide bonds. The monoisotopic (exact) mass is 368 g/mol. The first-order valence-electron chi connectivity index (χ1n) is 7.78. The largest absolute Gasteiger partial charge is 0.467 e. The van der Waals surface area contributed by atoms with Crippen molar-refractivity contribution >= 4 is 27.1 Å². The van der Waals surface area contributed by atoms with Crippen molar-refractivity contribution < 1.29 is 17.6 Å². The molecule has 8 heteroatoms. The number of sulfone groups is 1. The molecule has 3 heterocycles. The van der Waals surface area contributed by atoms with Gasteiger partial charge < -0.3 is 9.73 Å². The van der Waals surface area contributed by atoms with Gasteiger partial charge in [0.1, 0.15) is 5.76 Å². The normalized spacial score (nSPS) is 19.6. The topological polar surface area (TPSA) is 79.6 Å². The fourth-order valence-electron chi connectivity index (χ4n) is 2.82. The summed E-state index contributed by atoms with van der Waals surface area (Å²) in [6, 6.07) is 7.43. The van der Waals surface area contributed by atoms with E-state index in [2.05, 4.69) is 5.32 Å². The van der Waals surface area contributed by atoms with E-state index in [0.717, 1.165) is 4.88 Å². The number of nitrogens with zero attached hydrogens (tertiary/aromatic N) is 1. The van der Waals surface area contributed by atoms with Crippen molar-refractivity contribution in [3.63, 3.8) is 0 Å². The number of furan rings is 1. The number of nitrogens with one attached hydrogen (secondary N) is 1. The maximum absolute atomic E-state index is 12.3. The smallest absolute Gasteiger partial charge is 0.234 e. The van der Waals surface area contributed by atoms with Gasteiger partial charge in [-0.05, 0) is 30.0 Å². The average Bonchev–Trinajstić information content (AvgIpc) is 3.26. The van der Waals surface area contributed by atoms with Crippen LogP contribution in [0.25, 0.3) is 0 Å². The lowest BCUT2D eigenvalue weighted by Gasteiger charge is -2.26. The third-order valence-electron chi connectivity index (χ3n) is 4.05. The molecule has 1 saturated heterocycles. The number of carbonyl (C=O) groups excluding carboxylic acids is 1. The minimum atomic E-state index is -2.99. The molecule has 1 atom stereocenters. The molecule has 0 radical (unpaired) electrons. The summed E-state index contributed by atoms with van der Waals surface area (Å²) in [6.07, 6.45) is 2.15. The maximum atomic E-state index is 12.3. The molecule has 2 aromatic rings. The Morgan fingerprint density at radius 1 is 1.38 bits per heavy atom. The van der Waals surface area contributed by atoms with Gasteiger partial charge in [-0.3, -0.25) is 9.69 Å². The van der Waals surface area contributed by atoms with Crippen LogP contribution in [0.4, 0.5) is 0 Å². The van der Waals surface area contributed by atoms with Crippen molar-refractivity contribution in [3.8, 4) is 0 Å². The number of thiophene rings is 1. The number of hydrogen-bond donors (Lipinski definition) is 1. The zero-order valence-electron chi connectivity index (χ0n) is 13.2. The van der Waals surface area contributed by atoms with E-state index < -0.39 is 9.84 Å². The van der Waals surface area contributed by atoms with E-state index in [1.165, 1.54) is 0 Å². The second-order valence-corrected chi connectivity index (χ2v) is 9.16. The molecular weight excluding hydrogens is 348 g/mol. The Bertz CT molecular complexity index is 754. The highest BCUT2D eigenvalue weighted by Crippen LogP contribution is 2.21. The Morgan fingerprint density at radius 2 is 2.25 bits per heavy atom. The van der Waals surface area contributed by atoms with Gasteiger partial charge in [-0.1, -0.05) is 6.07 Å². The molecular formula is C16H20N2O4S2. The van der Waals surface area contributed by atoms with Gasteiger partial charge in [0.15, 0.2) is 9.84 Å². The molecule has 0 saturated carbocycles. The zero-order chi connectivity index (χ0) is 17.0. The first-order chi connectivity index (χ1) is 11.5. The SMILES string of the molecule is O=C(CN(Cc1cccs1)[C@H]1CCS(=O)(=O)C1)NCc1ccco1. The molecule has 3 rings (SSSR count). The quantitative estimate of drug-likeness (QED) is 0.804. The molecule has 0 aromatic carbocycles. The van der Waals surface area contributed by atoms with E-state index in [1.807, 2.05) is 22.4 Å². The third kappa shape index (κ3) is 4.68. The van der Waals surface area contributed by atoms with Gasteiger partial charge in [0.2, 0.25) is 5.91 Å². The second kappa shape index (κ2) is 7.50. The summed E-state index contributed by atoms with van der Waals surface area (Å²) in [6.45, 7) is 1.10. The average molecular weight is 368 g/mol. The lowest BCUT2D eigenvalue weighted by molar-refractivity contribution is -0.123. The molecule has 2 aromatic heterocycles. The van der Waals surface area contributed by atoms with E-state index in [1.54, 1.807) is 29.7 Å². The fraction of sp³-hybridized carbons (Fsp3) is 0.438. The summed E-state index contributed by atoms with van der Waals surface area (Å²) in [5, 5.41) is 4.80. The van der Waals surface area contributed by atoms with Gasteiger partial charge in [-0.2, -0.15) is 0 Å². The Labute approximate surface area is 145 Å². The summed E-state index contributed by atoms with van der Waals surface area (Å²) in [5.41, 5.74) is 0. The minimum Gasteiger partial charge on any atom is -0.467 e. The predicted octanol–water partition coefficient (Wildman–Crippen LogP) is 1.65. The van der Waals surface area contributed by atoms with Crippen LogP contribution in [-0.2, 0) is 27.7 Å². The van der Waals surface area contributed by atoms with Crippen molar-refractivity contribution in [2.24, 2.45) is 0 Å². The van der Waals surface area contributed by atoms with Crippen LogP contribution in [0.1, 0.15) is 17.1 Å². The zero-order valence-corrected chi connectivity index (χ0v) is 14.8. The highest BCUT2D eigenvalue weighted by Gasteiger charge is 2.33. The fourth-order valence-corrected chi connectivity index (χ4v) is 5.31. The molecule has 0 aliphatic carbocycles. The molecule has 1 aliphatic heterocycles. The number of carbonyl (C=O) groups is 1. The minimum absolute atomic E-state index is 0.105. The van der Waals surface area contributed by atoms with Gasteiger partial charge in [-0.25, -0.2) is 8.42 Å². The molecule has 0 spiro atoms. The highest BCUT2D eigenvalue weighted by molar-refractivity contribution is 7.91. The van der Waals surface area contributed by atoms with Crippen molar-refractivity contribution in [2.75, 3.05) is 18.1 Å². The first-order valence-corrected chi connectivity index (χ1v) is 10.5. The van der Waals surface area contributed by atoms with Gasteiger partial charge in [0.25, 0.3) is 0 Å². The van der Waals surface area contributed by atoms with E-state index in [4.69, 9.17) is 4.42 Å². The molecule has 0 unspecified atom stereocenters. The number of hydrogen-bond acceptors (Lipinski definition) is 6. The maximum Gasteiger partial charge on any atom is 0.234 e. The Hall–Kier alpha value is -1.64. The molecule has 0 bridgehead atoms. The molecule has 24 heavy (non-hydrogen) atoms. The summed E-state index contributed by atoms with van der Waals surface area (Å²) in [7, 11) is -2.99. The van der Waals surface area contributed by atoms with Gasteiger partial charge in [0, 0.05) is 17.5 Å². The van der Waals surface area contributed by atoms with Crippen LogP contribution in [-0.4, -0.2) is 43.3 Å². The molecule has 1 fully saturated rings. The van der Waals surface area contributed by atoms with E-state index in [-0.39, 0.29) is 30.0 Å². The number of amides is 1. The van der Waals surface area contributed by atoms with Crippen LogP contribution in [0, 0.1) is 0 Å². The van der Waals surface area contributed by atoms with Crippen LogP contribution in [0.3, 0.4) is 0 Å². The predicted molar refractivity (Wildman–Crippen MR) is 92.3 cm³/mol. The van der Waals surface area contributed by atoms with Crippen molar-refractivity contribution in [1.29, 1.82) is 0 Å².